The minimum absolute atomic E-state index is 0.0358. The minimum atomic E-state index is -1.54. The van der Waals surface area contributed by atoms with E-state index in [1.54, 1.807) is 0 Å². The molecule has 250 valence electrons. The summed E-state index contributed by atoms with van der Waals surface area (Å²) in [5.74, 6) is -1.28. The van der Waals surface area contributed by atoms with Gasteiger partial charge in [0.2, 0.25) is 0 Å². The first-order chi connectivity index (χ1) is 20.5. The maximum atomic E-state index is 12.8. The smallest absolute Gasteiger partial charge is 0.186 e. The fourth-order valence-electron chi connectivity index (χ4n) is 6.24. The van der Waals surface area contributed by atoms with Crippen molar-refractivity contribution in [2.75, 3.05) is 32.8 Å². The van der Waals surface area contributed by atoms with Crippen molar-refractivity contribution in [2.45, 2.75) is 117 Å². The Balaban J connectivity index is 1.55. The molecule has 3 aliphatic heterocycles. The summed E-state index contributed by atoms with van der Waals surface area (Å²) in [4.78, 5) is 12.8. The number of hydrogen-bond donors (Lipinski definition) is 12. The summed E-state index contributed by atoms with van der Waals surface area (Å²) in [5.41, 5.74) is 23.8. The molecular formula is C26H50N6O11. The molecule has 0 bridgehead atoms. The number of aliphatic hydroxyl groups excluding tert-OH is 6. The number of carbonyl (C=O) groups excluding carboxylic acids is 1. The average molecular weight is 623 g/mol. The monoisotopic (exact) mass is 622 g/mol. The second-order valence-electron chi connectivity index (χ2n) is 12.1. The van der Waals surface area contributed by atoms with Gasteiger partial charge in [-0.15, -0.1) is 0 Å². The lowest BCUT2D eigenvalue weighted by atomic mass is 9.76. The predicted molar refractivity (Wildman–Crippen MR) is 149 cm³/mol. The maximum Gasteiger partial charge on any atom is 0.186 e. The van der Waals surface area contributed by atoms with E-state index in [0.29, 0.717) is 0 Å². The summed E-state index contributed by atoms with van der Waals surface area (Å²) in [6.45, 7) is 0.960. The first kappa shape index (κ1) is 34.9. The summed E-state index contributed by atoms with van der Waals surface area (Å²) in [6.07, 6.45) is -13.0. The normalized spacial score (nSPS) is 45.0. The molecule has 0 aromatic heterocycles. The molecule has 1 saturated carbocycles. The van der Waals surface area contributed by atoms with E-state index in [0.717, 1.165) is 13.1 Å². The van der Waals surface area contributed by atoms with Gasteiger partial charge in [-0.3, -0.25) is 4.79 Å². The summed E-state index contributed by atoms with van der Waals surface area (Å²) >= 11 is 0. The van der Waals surface area contributed by atoms with E-state index < -0.39 is 104 Å². The molecule has 43 heavy (non-hydrogen) atoms. The quantitative estimate of drug-likeness (QED) is 0.0908. The van der Waals surface area contributed by atoms with Gasteiger partial charge in [0.15, 0.2) is 18.4 Å². The predicted octanol–water partition coefficient (Wildman–Crippen LogP) is -6.74. The van der Waals surface area contributed by atoms with Crippen LogP contribution in [0.1, 0.15) is 25.7 Å². The van der Waals surface area contributed by atoms with Crippen molar-refractivity contribution in [3.63, 3.8) is 0 Å². The number of ether oxygens (including phenoxy) is 4. The SMILES string of the molecule is NCC[C@H](O)C(=O)C[C@@H]1C[C@H](N)[C@@H](O[C@H]2O[C@H](CN)[C@@H](O)C[C@H]2NC2CNC2)[C@H](O)[C@H]1O[C@H]1O[C@H](CO)[C@@H](O)[C@H](N)[C@H]1O. The molecule has 4 fully saturated rings. The highest BCUT2D eigenvalue weighted by atomic mass is 16.7. The highest BCUT2D eigenvalue weighted by molar-refractivity contribution is 5.83. The Morgan fingerprint density at radius 2 is 1.63 bits per heavy atom. The van der Waals surface area contributed by atoms with E-state index in [1.165, 1.54) is 0 Å². The number of rotatable bonds is 13. The van der Waals surface area contributed by atoms with Crippen LogP contribution >= 0.6 is 0 Å². The number of hydrogen-bond acceptors (Lipinski definition) is 17. The lowest BCUT2D eigenvalue weighted by Crippen LogP contribution is -2.67. The Morgan fingerprint density at radius 3 is 2.23 bits per heavy atom. The molecule has 0 unspecified atom stereocenters. The third kappa shape index (κ3) is 8.07. The fourth-order valence-corrected chi connectivity index (χ4v) is 6.24. The van der Waals surface area contributed by atoms with Crippen molar-refractivity contribution in [1.82, 2.24) is 10.6 Å². The fraction of sp³-hybridized carbons (Fsp3) is 0.962. The third-order valence-corrected chi connectivity index (χ3v) is 8.96. The Bertz CT molecular complexity index is 891. The first-order valence-electron chi connectivity index (χ1n) is 15.0. The first-order valence-corrected chi connectivity index (χ1v) is 15.0. The molecule has 0 radical (unpaired) electrons. The van der Waals surface area contributed by atoms with Crippen LogP contribution in [0.4, 0.5) is 0 Å². The zero-order chi connectivity index (χ0) is 31.4. The minimum Gasteiger partial charge on any atom is -0.394 e. The molecule has 4 aliphatic rings. The number of carbonyl (C=O) groups is 1. The highest BCUT2D eigenvalue weighted by Crippen LogP contribution is 2.36. The van der Waals surface area contributed by atoms with E-state index in [4.69, 9.17) is 41.9 Å². The topological polar surface area (TPSA) is 304 Å². The van der Waals surface area contributed by atoms with Crippen LogP contribution in [-0.4, -0.2) is 161 Å². The molecular weight excluding hydrogens is 572 g/mol. The molecule has 15 atom stereocenters. The average Bonchev–Trinajstić information content (AvgIpc) is 2.95. The number of Topliss-reactive ketones (excluding diaryl/α,β-unsaturated/α-hetero) is 1. The molecule has 0 aromatic carbocycles. The number of aliphatic hydroxyl groups is 6. The van der Waals surface area contributed by atoms with Crippen molar-refractivity contribution in [3.8, 4) is 0 Å². The van der Waals surface area contributed by atoms with Crippen molar-refractivity contribution in [3.05, 3.63) is 0 Å². The molecule has 16 N–H and O–H groups in total. The van der Waals surface area contributed by atoms with Gasteiger partial charge in [0.25, 0.3) is 0 Å². The van der Waals surface area contributed by atoms with E-state index in [2.05, 4.69) is 10.6 Å². The van der Waals surface area contributed by atoms with Crippen LogP contribution in [0.5, 0.6) is 0 Å². The second-order valence-corrected chi connectivity index (χ2v) is 12.1. The maximum absolute atomic E-state index is 12.8. The zero-order valence-corrected chi connectivity index (χ0v) is 24.1. The summed E-state index contributed by atoms with van der Waals surface area (Å²) in [7, 11) is 0. The van der Waals surface area contributed by atoms with Gasteiger partial charge in [0.1, 0.15) is 36.6 Å². The number of nitrogens with two attached hydrogens (primary N) is 4. The molecule has 0 aromatic rings. The van der Waals surface area contributed by atoms with E-state index >= 15 is 0 Å². The van der Waals surface area contributed by atoms with Gasteiger partial charge in [0.05, 0.1) is 37.0 Å². The van der Waals surface area contributed by atoms with E-state index in [1.807, 2.05) is 0 Å². The Kier molecular flexibility index (Phi) is 12.6. The van der Waals surface area contributed by atoms with Crippen molar-refractivity contribution < 1.29 is 54.4 Å². The van der Waals surface area contributed by atoms with Crippen LogP contribution in [0, 0.1) is 5.92 Å². The van der Waals surface area contributed by atoms with Gasteiger partial charge in [-0.05, 0) is 31.7 Å². The Hall–Kier alpha value is -0.970. The molecule has 17 heteroatoms. The lowest BCUT2D eigenvalue weighted by molar-refractivity contribution is -0.320. The van der Waals surface area contributed by atoms with Gasteiger partial charge in [0, 0.05) is 38.1 Å². The highest BCUT2D eigenvalue weighted by Gasteiger charge is 2.51. The largest absolute Gasteiger partial charge is 0.394 e. The van der Waals surface area contributed by atoms with Gasteiger partial charge >= 0.3 is 0 Å². The van der Waals surface area contributed by atoms with Crippen LogP contribution in [0.3, 0.4) is 0 Å². The molecule has 0 spiro atoms. The van der Waals surface area contributed by atoms with Crippen molar-refractivity contribution in [2.24, 2.45) is 28.9 Å². The zero-order valence-electron chi connectivity index (χ0n) is 24.1. The molecule has 17 nitrogen and oxygen atoms in total. The molecule has 0 amide bonds. The standard InChI is InChI=1S/C26H50N6O11/c27-2-1-14(34)15(35)4-10-3-12(29)24(22(39)23(10)42-26-21(38)19(30)20(37)18(9-33)41-26)43-25-13(32-11-7-31-8-11)5-16(36)17(6-28)40-25/h10-14,16-26,31-34,36-39H,1-9,27-30H2/t10-,12-,13+,14-,16-,17+,18+,19-,20+,21+,22+,23-,24+,25+,26+/m0/s1. The number of nitrogens with one attached hydrogen (secondary N) is 2. The lowest BCUT2D eigenvalue weighted by Gasteiger charge is -2.49. The third-order valence-electron chi connectivity index (χ3n) is 8.96. The Morgan fingerprint density at radius 1 is 0.953 bits per heavy atom. The molecule has 1 aliphatic carbocycles. The van der Waals surface area contributed by atoms with Crippen molar-refractivity contribution >= 4 is 5.78 Å². The van der Waals surface area contributed by atoms with E-state index in [9.17, 15) is 35.4 Å². The van der Waals surface area contributed by atoms with E-state index in [-0.39, 0.29) is 44.8 Å². The van der Waals surface area contributed by atoms with Gasteiger partial charge in [-0.25, -0.2) is 0 Å². The number of ketones is 1. The van der Waals surface area contributed by atoms with Crippen molar-refractivity contribution in [1.29, 1.82) is 0 Å². The van der Waals surface area contributed by atoms with Gasteiger partial charge in [-0.2, -0.15) is 0 Å². The second kappa shape index (κ2) is 15.5. The molecule has 3 saturated heterocycles. The van der Waals surface area contributed by atoms with Crippen LogP contribution in [0.25, 0.3) is 0 Å². The van der Waals surface area contributed by atoms with Crippen LogP contribution in [-0.2, 0) is 23.7 Å². The molecule has 4 rings (SSSR count). The van der Waals surface area contributed by atoms with Crippen LogP contribution in [0.2, 0.25) is 0 Å². The summed E-state index contributed by atoms with van der Waals surface area (Å²) in [6, 6.07) is -2.38. The summed E-state index contributed by atoms with van der Waals surface area (Å²) < 4.78 is 24.0. The van der Waals surface area contributed by atoms with Crippen LogP contribution in [0.15, 0.2) is 0 Å². The summed E-state index contributed by atoms with van der Waals surface area (Å²) in [5, 5.41) is 69.6. The van der Waals surface area contributed by atoms with Crippen LogP contribution < -0.4 is 33.6 Å². The Labute approximate surface area is 250 Å². The van der Waals surface area contributed by atoms with Gasteiger partial charge in [-0.1, -0.05) is 0 Å². The molecule has 3 heterocycles. The van der Waals surface area contributed by atoms with Gasteiger partial charge < -0.3 is 83.2 Å².